The topological polar surface area (TPSA) is 86.6 Å². The minimum absolute atomic E-state index is 0.0184. The third-order valence-electron chi connectivity index (χ3n) is 10.7. The van der Waals surface area contributed by atoms with Crippen LogP contribution in [0.2, 0.25) is 0 Å². The van der Waals surface area contributed by atoms with E-state index < -0.39 is 23.3 Å². The van der Waals surface area contributed by atoms with Gasteiger partial charge in [-0.05, 0) is 67.7 Å². The smallest absolute Gasteiger partial charge is 0.319 e. The van der Waals surface area contributed by atoms with Gasteiger partial charge in [0.1, 0.15) is 47.1 Å². The molecule has 4 saturated heterocycles. The van der Waals surface area contributed by atoms with E-state index in [1.54, 1.807) is 0 Å². The molecule has 2 unspecified atom stereocenters. The molecule has 11 heteroatoms. The normalized spacial score (nSPS) is 24.5. The van der Waals surface area contributed by atoms with Crippen molar-refractivity contribution in [3.8, 4) is 47.2 Å². The highest BCUT2D eigenvalue weighted by Gasteiger charge is 2.49. The maximum Gasteiger partial charge on any atom is 0.319 e. The van der Waals surface area contributed by atoms with Gasteiger partial charge in [-0.2, -0.15) is 9.97 Å². The number of hydrogen-bond donors (Lipinski definition) is 2. The number of benzene rings is 2. The van der Waals surface area contributed by atoms with Crippen LogP contribution in [-0.2, 0) is 0 Å². The van der Waals surface area contributed by atoms with Crippen LogP contribution in [0.5, 0.6) is 11.8 Å². The number of anilines is 1. The fraction of sp³-hybridized carbons (Fsp3) is 0.462. The van der Waals surface area contributed by atoms with Crippen LogP contribution in [0.3, 0.4) is 0 Å². The van der Waals surface area contributed by atoms with E-state index in [0.717, 1.165) is 32.2 Å². The van der Waals surface area contributed by atoms with Gasteiger partial charge in [-0.15, -0.1) is 6.42 Å². The monoisotopic (exact) mass is 680 g/mol. The number of fused-ring (bicyclic) bond motifs is 5. The number of terminal acetylenes is 1. The zero-order chi connectivity index (χ0) is 34.7. The number of halogens is 3. The molecule has 0 radical (unpaired) electrons. The van der Waals surface area contributed by atoms with E-state index in [9.17, 15) is 9.50 Å². The highest BCUT2D eigenvalue weighted by Crippen LogP contribution is 2.42. The number of piperazine rings is 1. The van der Waals surface area contributed by atoms with Crippen molar-refractivity contribution >= 4 is 27.5 Å². The number of phenols is 1. The molecule has 4 fully saturated rings. The average Bonchev–Trinajstić information content (AvgIpc) is 3.74. The Morgan fingerprint density at radius 1 is 1.10 bits per heavy atom. The Balaban J connectivity index is 1.36. The number of aromatic nitrogens is 3. The Bertz CT molecular complexity index is 2110. The third-order valence-corrected chi connectivity index (χ3v) is 10.7. The van der Waals surface area contributed by atoms with Crippen molar-refractivity contribution in [1.29, 1.82) is 0 Å². The van der Waals surface area contributed by atoms with Crippen molar-refractivity contribution < 1.29 is 23.0 Å². The molecule has 4 aliphatic heterocycles. The molecule has 0 aliphatic carbocycles. The molecule has 50 heavy (non-hydrogen) atoms. The molecule has 4 aliphatic rings. The quantitative estimate of drug-likeness (QED) is 0.237. The molecule has 6 heterocycles. The molecule has 0 amide bonds. The summed E-state index contributed by atoms with van der Waals surface area (Å²) in [5, 5.41) is 15.4. The number of pyridine rings is 1. The molecule has 2 aromatic heterocycles. The Labute approximate surface area is 289 Å². The van der Waals surface area contributed by atoms with Gasteiger partial charge in [-0.1, -0.05) is 31.8 Å². The van der Waals surface area contributed by atoms with E-state index in [0.29, 0.717) is 49.1 Å². The van der Waals surface area contributed by atoms with Crippen LogP contribution in [-0.4, -0.2) is 81.5 Å². The third kappa shape index (κ3) is 5.67. The van der Waals surface area contributed by atoms with Crippen LogP contribution in [0.4, 0.5) is 19.0 Å². The van der Waals surface area contributed by atoms with Crippen LogP contribution in [0.25, 0.3) is 32.9 Å². The first-order chi connectivity index (χ1) is 24.1. The summed E-state index contributed by atoms with van der Waals surface area (Å²) in [6, 6.07) is 5.96. The summed E-state index contributed by atoms with van der Waals surface area (Å²) in [4.78, 5) is 18.7. The van der Waals surface area contributed by atoms with Crippen LogP contribution in [0.1, 0.15) is 63.6 Å². The van der Waals surface area contributed by atoms with Gasteiger partial charge in [0.2, 0.25) is 0 Å². The number of nitrogens with one attached hydrogen (secondary N) is 1. The number of alkyl halides is 1. The molecule has 0 saturated carbocycles. The molecular weight excluding hydrogens is 641 g/mol. The number of aromatic hydroxyl groups is 1. The summed E-state index contributed by atoms with van der Waals surface area (Å²) < 4.78 is 53.3. The summed E-state index contributed by atoms with van der Waals surface area (Å²) in [5.74, 6) is 7.93. The summed E-state index contributed by atoms with van der Waals surface area (Å²) in [5.41, 5.74) is -0.392. The lowest BCUT2D eigenvalue weighted by molar-refractivity contribution is 0.107. The average molecular weight is 681 g/mol. The number of ether oxygens (including phenoxy) is 1. The first-order valence-corrected chi connectivity index (χ1v) is 17.5. The van der Waals surface area contributed by atoms with Crippen LogP contribution in [0, 0.1) is 41.7 Å². The maximum absolute atomic E-state index is 17.3. The Morgan fingerprint density at radius 3 is 2.66 bits per heavy atom. The van der Waals surface area contributed by atoms with Crippen molar-refractivity contribution in [3.05, 3.63) is 47.2 Å². The van der Waals surface area contributed by atoms with Crippen molar-refractivity contribution in [2.75, 3.05) is 37.7 Å². The van der Waals surface area contributed by atoms with E-state index in [1.807, 2.05) is 0 Å². The highest BCUT2D eigenvalue weighted by molar-refractivity contribution is 6.04. The molecule has 2 bridgehead atoms. The van der Waals surface area contributed by atoms with Gasteiger partial charge in [0.05, 0.1) is 16.5 Å². The molecule has 2 N–H and O–H groups in total. The second-order valence-corrected chi connectivity index (χ2v) is 14.6. The zero-order valence-electron chi connectivity index (χ0n) is 28.2. The first-order valence-electron chi connectivity index (χ1n) is 17.5. The lowest BCUT2D eigenvalue weighted by atomic mass is 9.95. The minimum Gasteiger partial charge on any atom is -0.508 e. The molecular formula is C39H39F3N6O2. The molecule has 4 atom stereocenters. The van der Waals surface area contributed by atoms with E-state index in [4.69, 9.17) is 21.1 Å². The Morgan fingerprint density at radius 2 is 1.90 bits per heavy atom. The summed E-state index contributed by atoms with van der Waals surface area (Å²) in [7, 11) is 0. The Hall–Kier alpha value is -4.58. The summed E-state index contributed by atoms with van der Waals surface area (Å²) in [6.07, 6.45) is 9.56. The summed E-state index contributed by atoms with van der Waals surface area (Å²) in [6.45, 7) is 6.75. The zero-order valence-corrected chi connectivity index (χ0v) is 28.2. The van der Waals surface area contributed by atoms with Gasteiger partial charge in [-0.25, -0.2) is 18.2 Å². The van der Waals surface area contributed by atoms with Crippen molar-refractivity contribution in [3.63, 3.8) is 0 Å². The van der Waals surface area contributed by atoms with Crippen molar-refractivity contribution in [2.45, 2.75) is 76.2 Å². The first kappa shape index (κ1) is 32.6. The summed E-state index contributed by atoms with van der Waals surface area (Å²) >= 11 is 0. The SMILES string of the molecule is C#Cc1c(F)ccc2cc(O)cc(-c3nc(C#CCC(C)C)c4c(N5CC6CCC(C5)N6)nc(OC[C@@]56CCCN5C[C@H](F)C6)nc4c3F)c12. The number of rotatable bonds is 6. The molecule has 2 aromatic carbocycles. The van der Waals surface area contributed by atoms with Crippen LogP contribution < -0.4 is 15.0 Å². The van der Waals surface area contributed by atoms with E-state index >= 15 is 8.78 Å². The molecule has 0 spiro atoms. The van der Waals surface area contributed by atoms with E-state index in [1.165, 1.54) is 24.3 Å². The van der Waals surface area contributed by atoms with Gasteiger partial charge < -0.3 is 20.1 Å². The molecule has 8 nitrogen and oxygen atoms in total. The predicted octanol–water partition coefficient (Wildman–Crippen LogP) is 6.10. The van der Waals surface area contributed by atoms with Crippen molar-refractivity contribution in [1.82, 2.24) is 25.2 Å². The fourth-order valence-electron chi connectivity index (χ4n) is 8.41. The van der Waals surface area contributed by atoms with Crippen molar-refractivity contribution in [2.24, 2.45) is 5.92 Å². The lowest BCUT2D eigenvalue weighted by Gasteiger charge is -2.35. The molecule has 4 aromatic rings. The van der Waals surface area contributed by atoms with E-state index in [-0.39, 0.29) is 69.8 Å². The lowest BCUT2D eigenvalue weighted by Crippen LogP contribution is -2.51. The van der Waals surface area contributed by atoms with Gasteiger partial charge in [-0.3, -0.25) is 4.90 Å². The molecule has 258 valence electrons. The standard InChI is InChI=1S/C39H39F3N6O2/c1-4-28-30(41)12-9-23-15-27(49)16-29(32(23)28)35-34(42)36-33(31(44-35)8-5-7-22(2)3)37(47-19-25-10-11-26(20-47)43-25)46-38(45-36)50-21-39-13-6-14-48(39)18-24(40)17-39/h1,9,12,15-16,22,24-26,43,49H,6-7,10-11,13-14,17-21H2,2-3H3/t24-,25?,26?,39+/m1/s1. The number of hydrogen-bond acceptors (Lipinski definition) is 8. The highest BCUT2D eigenvalue weighted by atomic mass is 19.1. The largest absolute Gasteiger partial charge is 0.508 e. The predicted molar refractivity (Wildman–Crippen MR) is 187 cm³/mol. The minimum atomic E-state index is -0.934. The van der Waals surface area contributed by atoms with Gasteiger partial charge in [0.25, 0.3) is 0 Å². The van der Waals surface area contributed by atoms with Gasteiger partial charge >= 0.3 is 6.01 Å². The number of nitrogens with zero attached hydrogens (tertiary/aromatic N) is 5. The van der Waals surface area contributed by atoms with E-state index in [2.05, 4.69) is 51.7 Å². The van der Waals surface area contributed by atoms with Gasteiger partial charge in [0.15, 0.2) is 5.82 Å². The Kier molecular flexibility index (Phi) is 8.24. The molecule has 8 rings (SSSR count). The van der Waals surface area contributed by atoms with Crippen LogP contribution >= 0.6 is 0 Å². The second kappa shape index (κ2) is 12.6. The maximum atomic E-state index is 17.3. The van der Waals surface area contributed by atoms with Crippen LogP contribution in [0.15, 0.2) is 24.3 Å². The van der Waals surface area contributed by atoms with Gasteiger partial charge in [0, 0.05) is 55.5 Å². The number of phenolic OH excluding ortho intramolecular Hbond substituents is 1. The second-order valence-electron chi connectivity index (χ2n) is 14.6. The fourth-order valence-corrected chi connectivity index (χ4v) is 8.41.